The lowest BCUT2D eigenvalue weighted by Gasteiger charge is -2.35. The maximum atomic E-state index is 13.1. The minimum absolute atomic E-state index is 0.0371. The summed E-state index contributed by atoms with van der Waals surface area (Å²) in [5.74, 6) is 0.0913. The van der Waals surface area contributed by atoms with Crippen molar-refractivity contribution in [1.29, 1.82) is 0 Å². The molecule has 1 aliphatic heterocycles. The van der Waals surface area contributed by atoms with Gasteiger partial charge in [0.25, 0.3) is 5.91 Å². The van der Waals surface area contributed by atoms with Gasteiger partial charge in [-0.1, -0.05) is 6.92 Å². The van der Waals surface area contributed by atoms with Gasteiger partial charge in [-0.25, -0.2) is 4.39 Å². The number of hydrogen-bond acceptors (Lipinski definition) is 3. The van der Waals surface area contributed by atoms with Gasteiger partial charge in [0.05, 0.1) is 10.5 Å². The van der Waals surface area contributed by atoms with Crippen LogP contribution in [0.3, 0.4) is 0 Å². The molecule has 122 valence electrons. The minimum Gasteiger partial charge on any atom is -0.483 e. The maximum absolute atomic E-state index is 13.1. The summed E-state index contributed by atoms with van der Waals surface area (Å²) in [5, 5.41) is 2.09. The van der Waals surface area contributed by atoms with E-state index >= 15 is 0 Å². The van der Waals surface area contributed by atoms with E-state index in [9.17, 15) is 9.18 Å². The standard InChI is InChI=1S/C17H17BrFNO2S/c1-2-14-12-6-8-23-16(12)5-7-20(14)17(21)10-22-15-4-3-11(19)9-13(15)18/h3-4,6,8-9,14H,2,5,7,10H2,1H3. The zero-order chi connectivity index (χ0) is 16.4. The topological polar surface area (TPSA) is 29.5 Å². The molecular weight excluding hydrogens is 381 g/mol. The van der Waals surface area contributed by atoms with Crippen molar-refractivity contribution >= 4 is 33.2 Å². The molecule has 1 aromatic carbocycles. The second-order valence-electron chi connectivity index (χ2n) is 5.42. The predicted octanol–water partition coefficient (Wildman–Crippen LogP) is 4.56. The molecule has 1 atom stereocenters. The van der Waals surface area contributed by atoms with Crippen molar-refractivity contribution in [2.24, 2.45) is 0 Å². The van der Waals surface area contributed by atoms with Crippen LogP contribution in [0.15, 0.2) is 34.1 Å². The molecule has 2 heterocycles. The van der Waals surface area contributed by atoms with Crippen molar-refractivity contribution in [1.82, 2.24) is 4.90 Å². The highest BCUT2D eigenvalue weighted by Gasteiger charge is 2.30. The number of nitrogens with zero attached hydrogens (tertiary/aromatic N) is 1. The highest BCUT2D eigenvalue weighted by molar-refractivity contribution is 9.10. The third-order valence-corrected chi connectivity index (χ3v) is 5.66. The van der Waals surface area contributed by atoms with Crippen LogP contribution >= 0.6 is 27.3 Å². The fraction of sp³-hybridized carbons (Fsp3) is 0.353. The average molecular weight is 398 g/mol. The van der Waals surface area contributed by atoms with E-state index in [1.165, 1.54) is 28.6 Å². The Morgan fingerprint density at radius 3 is 3.04 bits per heavy atom. The monoisotopic (exact) mass is 397 g/mol. The molecule has 23 heavy (non-hydrogen) atoms. The summed E-state index contributed by atoms with van der Waals surface area (Å²) in [7, 11) is 0. The number of ether oxygens (including phenoxy) is 1. The molecule has 6 heteroatoms. The van der Waals surface area contributed by atoms with Crippen LogP contribution in [0.1, 0.15) is 29.8 Å². The van der Waals surface area contributed by atoms with Crippen LogP contribution in [-0.2, 0) is 11.2 Å². The number of hydrogen-bond donors (Lipinski definition) is 0. The van der Waals surface area contributed by atoms with E-state index in [2.05, 4.69) is 34.3 Å². The zero-order valence-electron chi connectivity index (χ0n) is 12.7. The second kappa shape index (κ2) is 7.01. The third-order valence-electron chi connectivity index (χ3n) is 4.05. The molecule has 0 N–H and O–H groups in total. The van der Waals surface area contributed by atoms with Gasteiger partial charge in [-0.15, -0.1) is 11.3 Å². The largest absolute Gasteiger partial charge is 0.483 e. The Morgan fingerprint density at radius 1 is 1.48 bits per heavy atom. The maximum Gasteiger partial charge on any atom is 0.261 e. The molecule has 1 aliphatic rings. The van der Waals surface area contributed by atoms with Gasteiger partial charge in [0.15, 0.2) is 6.61 Å². The Morgan fingerprint density at radius 2 is 2.30 bits per heavy atom. The summed E-state index contributed by atoms with van der Waals surface area (Å²) >= 11 is 5.01. The molecule has 0 spiro atoms. The highest BCUT2D eigenvalue weighted by Crippen LogP contribution is 2.35. The molecule has 1 aromatic heterocycles. The van der Waals surface area contributed by atoms with Crippen LogP contribution in [-0.4, -0.2) is 24.0 Å². The molecule has 1 unspecified atom stereocenters. The Bertz CT molecular complexity index is 718. The average Bonchev–Trinajstić information content (AvgIpc) is 3.01. The normalized spacial score (nSPS) is 17.0. The van der Waals surface area contributed by atoms with E-state index in [0.717, 1.165) is 19.4 Å². The first-order valence-corrected chi connectivity index (χ1v) is 9.21. The number of halogens is 2. The summed E-state index contributed by atoms with van der Waals surface area (Å²) in [6, 6.07) is 6.41. The van der Waals surface area contributed by atoms with Crippen molar-refractivity contribution in [2.75, 3.05) is 13.2 Å². The van der Waals surface area contributed by atoms with Crippen LogP contribution in [0.5, 0.6) is 5.75 Å². The lowest BCUT2D eigenvalue weighted by atomic mass is 9.98. The summed E-state index contributed by atoms with van der Waals surface area (Å²) < 4.78 is 19.2. The molecule has 3 rings (SSSR count). The van der Waals surface area contributed by atoms with Crippen LogP contribution in [0.25, 0.3) is 0 Å². The van der Waals surface area contributed by atoms with Crippen LogP contribution < -0.4 is 4.74 Å². The summed E-state index contributed by atoms with van der Waals surface area (Å²) in [6.45, 7) is 2.77. The van der Waals surface area contributed by atoms with Crippen LogP contribution in [0.2, 0.25) is 0 Å². The minimum atomic E-state index is -0.345. The molecule has 0 saturated carbocycles. The molecule has 1 amide bonds. The van der Waals surface area contributed by atoms with E-state index < -0.39 is 0 Å². The summed E-state index contributed by atoms with van der Waals surface area (Å²) in [4.78, 5) is 15.8. The molecule has 0 aliphatic carbocycles. The Kier molecular flexibility index (Phi) is 5.02. The number of benzene rings is 1. The fourth-order valence-corrected chi connectivity index (χ4v) is 4.34. The Hall–Kier alpha value is -1.40. The van der Waals surface area contributed by atoms with Crippen LogP contribution in [0.4, 0.5) is 4.39 Å². The van der Waals surface area contributed by atoms with E-state index in [4.69, 9.17) is 4.74 Å². The van der Waals surface area contributed by atoms with E-state index in [1.54, 1.807) is 11.3 Å². The second-order valence-corrected chi connectivity index (χ2v) is 7.28. The van der Waals surface area contributed by atoms with Gasteiger partial charge in [0.2, 0.25) is 0 Å². The first kappa shape index (κ1) is 16.5. The number of thiophene rings is 1. The Labute approximate surface area is 147 Å². The van der Waals surface area contributed by atoms with E-state index in [1.807, 2.05) is 4.90 Å². The molecule has 3 nitrogen and oxygen atoms in total. The number of fused-ring (bicyclic) bond motifs is 1. The number of amides is 1. The first-order chi connectivity index (χ1) is 11.1. The van der Waals surface area contributed by atoms with Gasteiger partial charge in [-0.2, -0.15) is 0 Å². The first-order valence-electron chi connectivity index (χ1n) is 7.53. The number of carbonyl (C=O) groups excluding carboxylic acids is 1. The molecule has 0 bridgehead atoms. The van der Waals surface area contributed by atoms with Crippen molar-refractivity contribution in [3.8, 4) is 5.75 Å². The van der Waals surface area contributed by atoms with Gasteiger partial charge in [0, 0.05) is 11.4 Å². The Balaban J connectivity index is 1.68. The third kappa shape index (κ3) is 3.43. The lowest BCUT2D eigenvalue weighted by Crippen LogP contribution is -2.41. The SMILES string of the molecule is CCC1c2ccsc2CCN1C(=O)COc1ccc(F)cc1Br. The highest BCUT2D eigenvalue weighted by atomic mass is 79.9. The van der Waals surface area contributed by atoms with E-state index in [-0.39, 0.29) is 24.4 Å². The number of rotatable bonds is 4. The molecule has 0 fully saturated rings. The molecule has 0 saturated heterocycles. The zero-order valence-corrected chi connectivity index (χ0v) is 15.1. The van der Waals surface area contributed by atoms with Crippen molar-refractivity contribution in [3.05, 3.63) is 50.4 Å². The van der Waals surface area contributed by atoms with Gasteiger partial charge in [-0.05, 0) is 64.0 Å². The predicted molar refractivity (Wildman–Crippen MR) is 92.4 cm³/mol. The number of carbonyl (C=O) groups is 1. The van der Waals surface area contributed by atoms with E-state index in [0.29, 0.717) is 10.2 Å². The van der Waals surface area contributed by atoms with Gasteiger partial charge in [-0.3, -0.25) is 4.79 Å². The quantitative estimate of drug-likeness (QED) is 0.756. The van der Waals surface area contributed by atoms with Gasteiger partial charge in [0.1, 0.15) is 11.6 Å². The molecule has 2 aromatic rings. The van der Waals surface area contributed by atoms with Gasteiger partial charge >= 0.3 is 0 Å². The smallest absolute Gasteiger partial charge is 0.261 e. The van der Waals surface area contributed by atoms with Crippen molar-refractivity contribution < 1.29 is 13.9 Å². The van der Waals surface area contributed by atoms with Gasteiger partial charge < -0.3 is 9.64 Å². The summed E-state index contributed by atoms with van der Waals surface area (Å²) in [6.07, 6.45) is 1.78. The molecular formula is C17H17BrFNO2S. The lowest BCUT2D eigenvalue weighted by molar-refractivity contribution is -0.136. The van der Waals surface area contributed by atoms with Crippen molar-refractivity contribution in [2.45, 2.75) is 25.8 Å². The molecule has 0 radical (unpaired) electrons. The summed E-state index contributed by atoms with van der Waals surface area (Å²) in [5.41, 5.74) is 1.26. The van der Waals surface area contributed by atoms with Crippen molar-refractivity contribution in [3.63, 3.8) is 0 Å². The fourth-order valence-electron chi connectivity index (χ4n) is 2.95. The van der Waals surface area contributed by atoms with Crippen LogP contribution in [0, 0.1) is 5.82 Å².